The van der Waals surface area contributed by atoms with Crippen LogP contribution in [0.15, 0.2) is 215 Å². The van der Waals surface area contributed by atoms with Gasteiger partial charge in [-0.25, -0.2) is 15.0 Å². The molecule has 13 rings (SSSR count). The molecule has 9 aromatic carbocycles. The fourth-order valence-corrected chi connectivity index (χ4v) is 9.26. The number of nitrogens with zero attached hydrogens (tertiary/aromatic N) is 4. The monoisotopic (exact) mass is 806 g/mol. The van der Waals surface area contributed by atoms with Gasteiger partial charge < -0.3 is 13.4 Å². The number of hydrogen-bond acceptors (Lipinski definition) is 5. The first kappa shape index (κ1) is 35.2. The van der Waals surface area contributed by atoms with Gasteiger partial charge in [0.25, 0.3) is 0 Å². The molecule has 0 aliphatic heterocycles. The second-order valence-electron chi connectivity index (χ2n) is 16.0. The predicted molar refractivity (Wildman–Crippen MR) is 256 cm³/mol. The van der Waals surface area contributed by atoms with Crippen LogP contribution < -0.4 is 0 Å². The van der Waals surface area contributed by atoms with Crippen molar-refractivity contribution >= 4 is 65.7 Å². The zero-order valence-corrected chi connectivity index (χ0v) is 33.7. The van der Waals surface area contributed by atoms with E-state index in [0.717, 1.165) is 77.3 Å². The van der Waals surface area contributed by atoms with Gasteiger partial charge in [0.05, 0.1) is 11.0 Å². The zero-order valence-electron chi connectivity index (χ0n) is 33.7. The second kappa shape index (κ2) is 14.0. The molecule has 4 aromatic heterocycles. The van der Waals surface area contributed by atoms with Crippen LogP contribution in [0.4, 0.5) is 0 Å². The van der Waals surface area contributed by atoms with E-state index in [4.69, 9.17) is 23.8 Å². The fourth-order valence-electron chi connectivity index (χ4n) is 9.26. The molecule has 0 spiro atoms. The molecule has 0 atom stereocenters. The number of furan rings is 2. The lowest BCUT2D eigenvalue weighted by molar-refractivity contribution is 0.668. The summed E-state index contributed by atoms with van der Waals surface area (Å²) in [5.74, 6) is 1.70. The molecule has 63 heavy (non-hydrogen) atoms. The summed E-state index contributed by atoms with van der Waals surface area (Å²) in [5, 5.41) is 6.44. The lowest BCUT2D eigenvalue weighted by Crippen LogP contribution is -2.00. The van der Waals surface area contributed by atoms with Crippen molar-refractivity contribution in [1.82, 2.24) is 19.5 Å². The van der Waals surface area contributed by atoms with Crippen molar-refractivity contribution in [2.45, 2.75) is 0 Å². The Morgan fingerprint density at radius 2 is 0.873 bits per heavy atom. The first-order valence-corrected chi connectivity index (χ1v) is 21.1. The summed E-state index contributed by atoms with van der Waals surface area (Å²) in [7, 11) is 0. The fraction of sp³-hybridized carbons (Fsp3) is 0. The van der Waals surface area contributed by atoms with E-state index in [2.05, 4.69) is 144 Å². The van der Waals surface area contributed by atoms with Gasteiger partial charge in [0.2, 0.25) is 0 Å². The van der Waals surface area contributed by atoms with E-state index >= 15 is 0 Å². The van der Waals surface area contributed by atoms with Crippen molar-refractivity contribution in [3.05, 3.63) is 206 Å². The molecule has 4 heterocycles. The van der Waals surface area contributed by atoms with Crippen molar-refractivity contribution < 1.29 is 8.83 Å². The number of para-hydroxylation sites is 2. The smallest absolute Gasteiger partial charge is 0.164 e. The van der Waals surface area contributed by atoms with Gasteiger partial charge in [-0.1, -0.05) is 146 Å². The largest absolute Gasteiger partial charge is 0.456 e. The molecule has 0 radical (unpaired) electrons. The molecule has 0 unspecified atom stereocenters. The topological polar surface area (TPSA) is 69.9 Å². The van der Waals surface area contributed by atoms with Crippen LogP contribution >= 0.6 is 0 Å². The molecule has 6 heteroatoms. The van der Waals surface area contributed by atoms with Crippen molar-refractivity contribution in [2.75, 3.05) is 0 Å². The van der Waals surface area contributed by atoms with Crippen LogP contribution in [0.1, 0.15) is 0 Å². The number of rotatable bonds is 6. The summed E-state index contributed by atoms with van der Waals surface area (Å²) < 4.78 is 15.2. The maximum atomic E-state index is 6.58. The Morgan fingerprint density at radius 1 is 0.302 bits per heavy atom. The third-order valence-electron chi connectivity index (χ3n) is 12.3. The molecule has 0 saturated heterocycles. The van der Waals surface area contributed by atoms with Gasteiger partial charge in [0, 0.05) is 54.7 Å². The quantitative estimate of drug-likeness (QED) is 0.167. The summed E-state index contributed by atoms with van der Waals surface area (Å²) in [6.45, 7) is 0. The molecule has 13 aromatic rings. The Kier molecular flexibility index (Phi) is 7.80. The van der Waals surface area contributed by atoms with Crippen LogP contribution in [0, 0.1) is 0 Å². The highest BCUT2D eigenvalue weighted by Gasteiger charge is 2.20. The normalized spacial score (nSPS) is 11.8. The standard InChI is InChI=1S/C57H34N4O2/c1-3-12-35(13-4-1)36-22-24-37(25-23-36)39-27-30-49-46(32-39)42-16-7-9-19-48(42)61(49)41-28-31-51-47(34-41)54-45(18-11-21-52(54)62-51)57-59-55(38-14-5-2-6-15-38)58-56(60-57)40-26-29-44-43-17-8-10-20-50(43)63-53(44)33-40/h1-34H. The number of aromatic nitrogens is 4. The summed E-state index contributed by atoms with van der Waals surface area (Å²) in [6.07, 6.45) is 0. The lowest BCUT2D eigenvalue weighted by atomic mass is 9.99. The van der Waals surface area contributed by atoms with Gasteiger partial charge >= 0.3 is 0 Å². The molecule has 294 valence electrons. The molecule has 0 saturated carbocycles. The molecule has 0 N–H and O–H groups in total. The minimum Gasteiger partial charge on any atom is -0.456 e. The average molecular weight is 807 g/mol. The van der Waals surface area contributed by atoms with E-state index in [0.29, 0.717) is 17.5 Å². The van der Waals surface area contributed by atoms with Gasteiger partial charge in [0.1, 0.15) is 22.3 Å². The maximum absolute atomic E-state index is 6.58. The van der Waals surface area contributed by atoms with E-state index in [9.17, 15) is 0 Å². The molecule has 0 aliphatic rings. The van der Waals surface area contributed by atoms with Gasteiger partial charge in [0.15, 0.2) is 17.5 Å². The van der Waals surface area contributed by atoms with Crippen LogP contribution in [0.3, 0.4) is 0 Å². The van der Waals surface area contributed by atoms with Crippen LogP contribution in [-0.2, 0) is 0 Å². The second-order valence-corrected chi connectivity index (χ2v) is 16.0. The van der Waals surface area contributed by atoms with Crippen molar-refractivity contribution in [3.8, 4) is 62.1 Å². The summed E-state index contributed by atoms with van der Waals surface area (Å²) >= 11 is 0. The van der Waals surface area contributed by atoms with E-state index in [1.807, 2.05) is 66.7 Å². The van der Waals surface area contributed by atoms with Gasteiger partial charge in [-0.15, -0.1) is 0 Å². The summed E-state index contributed by atoms with van der Waals surface area (Å²) in [4.78, 5) is 15.4. The highest BCUT2D eigenvalue weighted by Crippen LogP contribution is 2.41. The van der Waals surface area contributed by atoms with Gasteiger partial charge in [-0.05, 0) is 82.9 Å². The summed E-state index contributed by atoms with van der Waals surface area (Å²) in [6, 6.07) is 71.7. The first-order valence-electron chi connectivity index (χ1n) is 21.1. The third kappa shape index (κ3) is 5.76. The Bertz CT molecular complexity index is 3900. The minimum atomic E-state index is 0.559. The maximum Gasteiger partial charge on any atom is 0.164 e. The van der Waals surface area contributed by atoms with Crippen molar-refractivity contribution in [2.24, 2.45) is 0 Å². The molecule has 0 amide bonds. The van der Waals surface area contributed by atoms with Crippen molar-refractivity contribution in [3.63, 3.8) is 0 Å². The molecule has 6 nitrogen and oxygen atoms in total. The average Bonchev–Trinajstić information content (AvgIpc) is 4.03. The van der Waals surface area contributed by atoms with Crippen molar-refractivity contribution in [1.29, 1.82) is 0 Å². The van der Waals surface area contributed by atoms with Crippen LogP contribution in [-0.4, -0.2) is 19.5 Å². The predicted octanol–water partition coefficient (Wildman–Crippen LogP) is 15.1. The summed E-state index contributed by atoms with van der Waals surface area (Å²) in [5.41, 5.74) is 13.8. The van der Waals surface area contributed by atoms with E-state index < -0.39 is 0 Å². The van der Waals surface area contributed by atoms with Crippen LogP contribution in [0.2, 0.25) is 0 Å². The number of fused-ring (bicyclic) bond motifs is 9. The highest BCUT2D eigenvalue weighted by molar-refractivity contribution is 6.14. The lowest BCUT2D eigenvalue weighted by Gasteiger charge is -2.10. The molecule has 0 bridgehead atoms. The molecular formula is C57H34N4O2. The van der Waals surface area contributed by atoms with E-state index in [1.54, 1.807) is 0 Å². The number of hydrogen-bond donors (Lipinski definition) is 0. The van der Waals surface area contributed by atoms with E-state index in [-0.39, 0.29) is 0 Å². The molecule has 0 aliphatic carbocycles. The molecule has 0 fully saturated rings. The third-order valence-corrected chi connectivity index (χ3v) is 12.3. The number of benzene rings is 9. The zero-order chi connectivity index (χ0) is 41.4. The Morgan fingerprint density at radius 3 is 1.70 bits per heavy atom. The Balaban J connectivity index is 0.962. The van der Waals surface area contributed by atoms with Crippen LogP contribution in [0.25, 0.3) is 128 Å². The van der Waals surface area contributed by atoms with Gasteiger partial charge in [-0.2, -0.15) is 0 Å². The van der Waals surface area contributed by atoms with Crippen LogP contribution in [0.5, 0.6) is 0 Å². The minimum absolute atomic E-state index is 0.559. The van der Waals surface area contributed by atoms with Gasteiger partial charge in [-0.3, -0.25) is 0 Å². The Labute approximate surface area is 361 Å². The SMILES string of the molecule is c1ccc(-c2ccc(-c3ccc4c(c3)c3ccccc3n4-c3ccc4oc5cccc(-c6nc(-c7ccccc7)nc(-c7ccc8c(c7)oc7ccccc78)n6)c5c4c3)cc2)cc1. The highest BCUT2D eigenvalue weighted by atomic mass is 16.3. The Hall–Kier alpha value is -8.61. The van der Waals surface area contributed by atoms with E-state index in [1.165, 1.54) is 33.0 Å². The molecular weight excluding hydrogens is 773 g/mol. The first-order chi connectivity index (χ1) is 31.2.